The average Bonchev–Trinajstić information content (AvgIpc) is 3.34. The number of rotatable bonds is 5. The molecule has 8 heteroatoms. The predicted molar refractivity (Wildman–Crippen MR) is 114 cm³/mol. The Balaban J connectivity index is 1.61. The fraction of sp³-hybridized carbons (Fsp3) is 0.375. The van der Waals surface area contributed by atoms with E-state index in [-0.39, 0.29) is 17.6 Å². The molecule has 32 heavy (non-hydrogen) atoms. The predicted octanol–water partition coefficient (Wildman–Crippen LogP) is 2.29. The number of halogens is 1. The Morgan fingerprint density at radius 2 is 1.84 bits per heavy atom. The van der Waals surface area contributed by atoms with Crippen LogP contribution < -0.4 is 10.6 Å². The molecular weight excluding hydrogens is 413 g/mol. The molecule has 3 amide bonds. The summed E-state index contributed by atoms with van der Waals surface area (Å²) in [5.74, 6) is -3.20. The minimum atomic E-state index is -1.50. The highest BCUT2D eigenvalue weighted by molar-refractivity contribution is 6.15. The number of carbonyl (C=O) groups is 3. The maximum Gasteiger partial charge on any atom is 0.250 e. The van der Waals surface area contributed by atoms with Crippen molar-refractivity contribution in [2.45, 2.75) is 37.8 Å². The van der Waals surface area contributed by atoms with Gasteiger partial charge in [-0.1, -0.05) is 25.5 Å². The van der Waals surface area contributed by atoms with Crippen LogP contribution in [0.25, 0.3) is 0 Å². The Hall–Kier alpha value is -3.26. The van der Waals surface area contributed by atoms with Crippen LogP contribution in [-0.4, -0.2) is 40.3 Å². The van der Waals surface area contributed by atoms with E-state index in [9.17, 15) is 23.9 Å². The van der Waals surface area contributed by atoms with E-state index in [1.54, 1.807) is 24.3 Å². The SMILES string of the molecule is CCCCN1C(=O)[C@H]2[C@@H](C1=O)[C@@]1(N[C@@H]2Cc2ccc(O)cc2)C(=O)Nc2ccc(F)cc21. The quantitative estimate of drug-likeness (QED) is 0.624. The highest BCUT2D eigenvalue weighted by atomic mass is 19.1. The summed E-state index contributed by atoms with van der Waals surface area (Å²) in [6.07, 6.45) is 1.88. The Morgan fingerprint density at radius 1 is 1.09 bits per heavy atom. The van der Waals surface area contributed by atoms with Gasteiger partial charge in [-0.3, -0.25) is 24.6 Å². The first-order valence-electron chi connectivity index (χ1n) is 10.9. The standard InChI is InChI=1S/C24H24FN3O4/c1-2-3-10-28-21(30)19-18(11-13-4-7-15(29)8-5-13)27-24(20(19)22(28)31)16-12-14(25)6-9-17(16)26-23(24)32/h4-9,12,18-20,27,29H,2-3,10-11H2,1H3,(H,26,32)/t18-,19-,20+,24-/m1/s1. The molecule has 2 aromatic rings. The molecule has 3 aliphatic rings. The lowest BCUT2D eigenvalue weighted by molar-refractivity contribution is -0.142. The number of hydrogen-bond donors (Lipinski definition) is 3. The number of carbonyl (C=O) groups excluding carboxylic acids is 3. The molecule has 0 bridgehead atoms. The minimum absolute atomic E-state index is 0.125. The molecule has 3 N–H and O–H groups in total. The second kappa shape index (κ2) is 7.41. The van der Waals surface area contributed by atoms with Gasteiger partial charge in [-0.2, -0.15) is 0 Å². The van der Waals surface area contributed by atoms with E-state index in [1.165, 1.54) is 23.1 Å². The van der Waals surface area contributed by atoms with Crippen molar-refractivity contribution >= 4 is 23.4 Å². The zero-order chi connectivity index (χ0) is 22.6. The van der Waals surface area contributed by atoms with Gasteiger partial charge in [0.25, 0.3) is 0 Å². The van der Waals surface area contributed by atoms with Crippen molar-refractivity contribution < 1.29 is 23.9 Å². The molecule has 0 unspecified atom stereocenters. The van der Waals surface area contributed by atoms with Crippen LogP contribution in [0.4, 0.5) is 10.1 Å². The van der Waals surface area contributed by atoms with E-state index in [1.807, 2.05) is 6.92 Å². The number of unbranched alkanes of at least 4 members (excludes halogenated alkanes) is 1. The first-order valence-corrected chi connectivity index (χ1v) is 10.9. The maximum atomic E-state index is 14.2. The maximum absolute atomic E-state index is 14.2. The Bertz CT molecular complexity index is 1120. The van der Waals surface area contributed by atoms with Crippen molar-refractivity contribution in [3.8, 4) is 5.75 Å². The fourth-order valence-electron chi connectivity index (χ4n) is 5.43. The molecule has 1 spiro atoms. The first kappa shape index (κ1) is 20.6. The number of phenolic OH excluding ortho intramolecular Hbond substituents is 1. The van der Waals surface area contributed by atoms with Crippen LogP contribution in [0.3, 0.4) is 0 Å². The van der Waals surface area contributed by atoms with Crippen LogP contribution in [0.5, 0.6) is 5.75 Å². The summed E-state index contributed by atoms with van der Waals surface area (Å²) in [5, 5.41) is 15.7. The molecule has 3 heterocycles. The van der Waals surface area contributed by atoms with Gasteiger partial charge in [0.2, 0.25) is 17.7 Å². The molecule has 2 aromatic carbocycles. The van der Waals surface area contributed by atoms with Crippen molar-refractivity contribution in [3.63, 3.8) is 0 Å². The van der Waals surface area contributed by atoms with E-state index in [2.05, 4.69) is 10.6 Å². The number of aromatic hydroxyl groups is 1. The molecule has 166 valence electrons. The first-order chi connectivity index (χ1) is 15.4. The number of nitrogens with zero attached hydrogens (tertiary/aromatic N) is 1. The number of hydrogen-bond acceptors (Lipinski definition) is 5. The fourth-order valence-corrected chi connectivity index (χ4v) is 5.43. The smallest absolute Gasteiger partial charge is 0.250 e. The molecule has 0 radical (unpaired) electrons. The number of phenols is 1. The van der Waals surface area contributed by atoms with Crippen LogP contribution in [0.2, 0.25) is 0 Å². The molecule has 7 nitrogen and oxygen atoms in total. The average molecular weight is 437 g/mol. The zero-order valence-corrected chi connectivity index (χ0v) is 17.6. The van der Waals surface area contributed by atoms with E-state index >= 15 is 0 Å². The van der Waals surface area contributed by atoms with Crippen LogP contribution in [0, 0.1) is 17.7 Å². The summed E-state index contributed by atoms with van der Waals surface area (Å²) in [6, 6.07) is 10.1. The number of anilines is 1. The van der Waals surface area contributed by atoms with Gasteiger partial charge in [0.05, 0.1) is 11.8 Å². The Labute approximate surface area is 184 Å². The second-order valence-electron chi connectivity index (χ2n) is 8.76. The van der Waals surface area contributed by atoms with Gasteiger partial charge in [0, 0.05) is 23.8 Å². The lowest BCUT2D eigenvalue weighted by atomic mass is 9.76. The molecule has 3 aliphatic heterocycles. The van der Waals surface area contributed by atoms with E-state index in [0.717, 1.165) is 12.0 Å². The van der Waals surface area contributed by atoms with Crippen molar-refractivity contribution in [1.29, 1.82) is 0 Å². The van der Waals surface area contributed by atoms with E-state index < -0.39 is 35.1 Å². The minimum Gasteiger partial charge on any atom is -0.508 e. The number of likely N-dealkylation sites (tertiary alicyclic amines) is 1. The number of amides is 3. The van der Waals surface area contributed by atoms with Crippen molar-refractivity contribution in [1.82, 2.24) is 10.2 Å². The molecule has 5 rings (SSSR count). The van der Waals surface area contributed by atoms with Crippen LogP contribution in [0.1, 0.15) is 30.9 Å². The monoisotopic (exact) mass is 437 g/mol. The lowest BCUT2D eigenvalue weighted by Gasteiger charge is -2.29. The van der Waals surface area contributed by atoms with E-state index in [4.69, 9.17) is 0 Å². The van der Waals surface area contributed by atoms with Crippen molar-refractivity contribution in [3.05, 3.63) is 59.4 Å². The third kappa shape index (κ3) is 2.86. The number of imide groups is 1. The largest absolute Gasteiger partial charge is 0.508 e. The summed E-state index contributed by atoms with van der Waals surface area (Å²) >= 11 is 0. The number of benzene rings is 2. The van der Waals surface area contributed by atoms with Gasteiger partial charge in [-0.05, 0) is 48.7 Å². The van der Waals surface area contributed by atoms with Crippen LogP contribution >= 0.6 is 0 Å². The molecule has 4 atom stereocenters. The van der Waals surface area contributed by atoms with Gasteiger partial charge in [-0.15, -0.1) is 0 Å². The third-order valence-electron chi connectivity index (χ3n) is 6.90. The topological polar surface area (TPSA) is 98.7 Å². The summed E-state index contributed by atoms with van der Waals surface area (Å²) in [6.45, 7) is 2.28. The molecule has 0 aromatic heterocycles. The summed E-state index contributed by atoms with van der Waals surface area (Å²) in [7, 11) is 0. The van der Waals surface area contributed by atoms with Crippen LogP contribution in [0.15, 0.2) is 42.5 Å². The molecule has 2 fully saturated rings. The normalized spacial score (nSPS) is 28.4. The Kier molecular flexibility index (Phi) is 4.78. The van der Waals surface area contributed by atoms with E-state index in [0.29, 0.717) is 30.6 Å². The summed E-state index contributed by atoms with van der Waals surface area (Å²) < 4.78 is 14.2. The summed E-state index contributed by atoms with van der Waals surface area (Å²) in [5.41, 5.74) is 0.155. The van der Waals surface area contributed by atoms with Gasteiger partial charge in [0.1, 0.15) is 17.1 Å². The van der Waals surface area contributed by atoms with Crippen molar-refractivity contribution in [2.24, 2.45) is 11.8 Å². The second-order valence-corrected chi connectivity index (χ2v) is 8.76. The number of fused-ring (bicyclic) bond motifs is 4. The molecule has 2 saturated heterocycles. The van der Waals surface area contributed by atoms with Crippen LogP contribution in [-0.2, 0) is 26.3 Å². The van der Waals surface area contributed by atoms with Gasteiger partial charge in [-0.25, -0.2) is 4.39 Å². The zero-order valence-electron chi connectivity index (χ0n) is 17.6. The Morgan fingerprint density at radius 3 is 2.56 bits per heavy atom. The third-order valence-corrected chi connectivity index (χ3v) is 6.90. The highest BCUT2D eigenvalue weighted by Crippen LogP contribution is 2.53. The lowest BCUT2D eigenvalue weighted by Crippen LogP contribution is -2.53. The molecular formula is C24H24FN3O4. The van der Waals surface area contributed by atoms with Crippen molar-refractivity contribution in [2.75, 3.05) is 11.9 Å². The molecule has 0 aliphatic carbocycles. The summed E-state index contributed by atoms with van der Waals surface area (Å²) in [4.78, 5) is 41.5. The van der Waals surface area contributed by atoms with Gasteiger partial charge >= 0.3 is 0 Å². The van der Waals surface area contributed by atoms with Gasteiger partial charge in [0.15, 0.2) is 0 Å². The van der Waals surface area contributed by atoms with Gasteiger partial charge < -0.3 is 10.4 Å². The molecule has 0 saturated carbocycles. The number of nitrogens with one attached hydrogen (secondary N) is 2. The highest BCUT2D eigenvalue weighted by Gasteiger charge is 2.70.